The molecule has 1 atom stereocenters. The summed E-state index contributed by atoms with van der Waals surface area (Å²) < 4.78 is 10.7. The van der Waals surface area contributed by atoms with Crippen molar-refractivity contribution in [1.29, 1.82) is 0 Å². The van der Waals surface area contributed by atoms with E-state index in [0.29, 0.717) is 6.54 Å². The van der Waals surface area contributed by atoms with Gasteiger partial charge in [-0.3, -0.25) is 4.21 Å². The second-order valence-electron chi connectivity index (χ2n) is 3.75. The van der Waals surface area contributed by atoms with Crippen LogP contribution in [0.15, 0.2) is 0 Å². The van der Waals surface area contributed by atoms with Crippen molar-refractivity contribution < 1.29 is 4.21 Å². The summed E-state index contributed by atoms with van der Waals surface area (Å²) in [6.45, 7) is 5.00. The van der Waals surface area contributed by atoms with Crippen molar-refractivity contribution in [3.63, 3.8) is 0 Å². The Morgan fingerprint density at radius 1 is 1.45 bits per heavy atom. The average Bonchev–Trinajstić information content (AvgIpc) is 1.87. The Balaban J connectivity index is 3.45. The Kier molecular flexibility index (Phi) is 4.93. The molecule has 0 amide bonds. The minimum absolute atomic E-state index is 0.222. The first-order valence-electron chi connectivity index (χ1n) is 3.98. The van der Waals surface area contributed by atoms with Gasteiger partial charge >= 0.3 is 0 Å². The summed E-state index contributed by atoms with van der Waals surface area (Å²) in [4.78, 5) is 0. The Morgan fingerprint density at radius 2 is 2.00 bits per heavy atom. The van der Waals surface area contributed by atoms with Gasteiger partial charge in [-0.25, -0.2) is 0 Å². The van der Waals surface area contributed by atoms with Gasteiger partial charge in [0.1, 0.15) is 0 Å². The molecule has 0 bridgehead atoms. The summed E-state index contributed by atoms with van der Waals surface area (Å²) >= 11 is 0. The highest BCUT2D eigenvalue weighted by atomic mass is 32.2. The summed E-state index contributed by atoms with van der Waals surface area (Å²) in [6.07, 6.45) is 3.84. The van der Waals surface area contributed by atoms with Gasteiger partial charge in [0.05, 0.1) is 0 Å². The number of hydrogen-bond acceptors (Lipinski definition) is 2. The maximum absolute atomic E-state index is 10.7. The Labute approximate surface area is 72.0 Å². The molecule has 0 aliphatic carbocycles. The zero-order valence-corrected chi connectivity index (χ0v) is 8.54. The van der Waals surface area contributed by atoms with Crippen LogP contribution in [0.2, 0.25) is 0 Å². The van der Waals surface area contributed by atoms with Crippen molar-refractivity contribution in [3.8, 4) is 0 Å². The van der Waals surface area contributed by atoms with Gasteiger partial charge in [0.2, 0.25) is 0 Å². The van der Waals surface area contributed by atoms with Crippen LogP contribution in [-0.4, -0.2) is 22.8 Å². The molecule has 0 rings (SSSR count). The molecule has 0 aromatic carbocycles. The van der Waals surface area contributed by atoms with E-state index >= 15 is 0 Å². The Hall–Kier alpha value is 0.110. The van der Waals surface area contributed by atoms with Crippen LogP contribution in [0.5, 0.6) is 0 Å². The molecule has 0 heterocycles. The van der Waals surface area contributed by atoms with Crippen LogP contribution in [0, 0.1) is 5.41 Å². The summed E-state index contributed by atoms with van der Waals surface area (Å²) in [6, 6.07) is 0. The third-order valence-corrected chi connectivity index (χ3v) is 2.70. The molecule has 0 spiro atoms. The largest absolute Gasteiger partial charge is 0.330 e. The Morgan fingerprint density at radius 3 is 2.36 bits per heavy atom. The number of rotatable bonds is 5. The number of nitrogens with two attached hydrogens (primary N) is 1. The predicted molar refractivity (Wildman–Crippen MR) is 51.0 cm³/mol. The van der Waals surface area contributed by atoms with E-state index in [-0.39, 0.29) is 5.41 Å². The topological polar surface area (TPSA) is 43.1 Å². The van der Waals surface area contributed by atoms with Gasteiger partial charge in [-0.15, -0.1) is 0 Å². The molecule has 0 aliphatic heterocycles. The molecular weight excluding hydrogens is 158 g/mol. The Bertz CT molecular complexity index is 134. The van der Waals surface area contributed by atoms with Crippen molar-refractivity contribution in [2.24, 2.45) is 11.1 Å². The fraction of sp³-hybridized carbons (Fsp3) is 1.00. The van der Waals surface area contributed by atoms with Gasteiger partial charge in [0.25, 0.3) is 0 Å². The smallest absolute Gasteiger partial charge is 0.0232 e. The van der Waals surface area contributed by atoms with Gasteiger partial charge in [-0.2, -0.15) is 0 Å². The van der Waals surface area contributed by atoms with E-state index in [9.17, 15) is 4.21 Å². The third-order valence-electron chi connectivity index (χ3n) is 1.84. The second kappa shape index (κ2) is 4.88. The van der Waals surface area contributed by atoms with Crippen molar-refractivity contribution in [2.75, 3.05) is 18.6 Å². The monoisotopic (exact) mass is 177 g/mol. The molecule has 1 unspecified atom stereocenters. The molecule has 3 heteroatoms. The molecule has 2 nitrogen and oxygen atoms in total. The highest BCUT2D eigenvalue weighted by Gasteiger charge is 2.14. The predicted octanol–water partition coefficient (Wildman–Crippen LogP) is 1.13. The summed E-state index contributed by atoms with van der Waals surface area (Å²) in [5.74, 6) is 0.809. The van der Waals surface area contributed by atoms with E-state index in [2.05, 4.69) is 13.8 Å². The molecule has 0 saturated carbocycles. The lowest BCUT2D eigenvalue weighted by Gasteiger charge is -2.21. The van der Waals surface area contributed by atoms with E-state index in [0.717, 1.165) is 18.6 Å². The number of hydrogen-bond donors (Lipinski definition) is 1. The van der Waals surface area contributed by atoms with Crippen molar-refractivity contribution >= 4 is 10.8 Å². The van der Waals surface area contributed by atoms with Gasteiger partial charge in [-0.05, 0) is 24.8 Å². The molecule has 11 heavy (non-hydrogen) atoms. The van der Waals surface area contributed by atoms with E-state index in [1.165, 1.54) is 0 Å². The van der Waals surface area contributed by atoms with Gasteiger partial charge in [-0.1, -0.05) is 13.8 Å². The highest BCUT2D eigenvalue weighted by Crippen LogP contribution is 2.19. The average molecular weight is 177 g/mol. The first-order chi connectivity index (χ1) is 4.98. The quantitative estimate of drug-likeness (QED) is 0.684. The van der Waals surface area contributed by atoms with Crippen molar-refractivity contribution in [3.05, 3.63) is 0 Å². The first kappa shape index (κ1) is 11.1. The fourth-order valence-electron chi connectivity index (χ4n) is 0.856. The molecule has 0 aliphatic rings. The first-order valence-corrected chi connectivity index (χ1v) is 5.71. The molecule has 0 aromatic heterocycles. The van der Waals surface area contributed by atoms with E-state index in [1.54, 1.807) is 6.26 Å². The summed E-state index contributed by atoms with van der Waals surface area (Å²) in [7, 11) is -0.643. The molecule has 68 valence electrons. The fourth-order valence-corrected chi connectivity index (χ4v) is 1.41. The van der Waals surface area contributed by atoms with E-state index in [4.69, 9.17) is 5.73 Å². The van der Waals surface area contributed by atoms with Crippen LogP contribution < -0.4 is 5.73 Å². The van der Waals surface area contributed by atoms with Crippen molar-refractivity contribution in [1.82, 2.24) is 0 Å². The minimum Gasteiger partial charge on any atom is -0.330 e. The van der Waals surface area contributed by atoms with Crippen LogP contribution in [0.25, 0.3) is 0 Å². The van der Waals surface area contributed by atoms with Crippen LogP contribution in [0.3, 0.4) is 0 Å². The van der Waals surface area contributed by atoms with Crippen LogP contribution >= 0.6 is 0 Å². The molecule has 0 fully saturated rings. The molecular formula is C8H19NOS. The van der Waals surface area contributed by atoms with Crippen molar-refractivity contribution in [2.45, 2.75) is 26.7 Å². The molecule has 0 saturated heterocycles. The third kappa shape index (κ3) is 6.51. The summed E-state index contributed by atoms with van der Waals surface area (Å²) in [5.41, 5.74) is 5.77. The van der Waals surface area contributed by atoms with Gasteiger partial charge < -0.3 is 5.73 Å². The van der Waals surface area contributed by atoms with E-state index < -0.39 is 10.8 Å². The highest BCUT2D eigenvalue weighted by molar-refractivity contribution is 7.84. The maximum atomic E-state index is 10.7. The normalized spacial score (nSPS) is 14.9. The maximum Gasteiger partial charge on any atom is 0.0232 e. The standard InChI is InChI=1S/C8H19NOS/c1-8(2,7-9)5-4-6-11(3)10/h4-7,9H2,1-3H3. The zero-order valence-electron chi connectivity index (χ0n) is 7.72. The minimum atomic E-state index is -0.643. The molecule has 0 aromatic rings. The lowest BCUT2D eigenvalue weighted by atomic mass is 9.88. The van der Waals surface area contributed by atoms with Gasteiger partial charge in [0.15, 0.2) is 0 Å². The molecule has 2 N–H and O–H groups in total. The van der Waals surface area contributed by atoms with Crippen LogP contribution in [-0.2, 0) is 10.8 Å². The van der Waals surface area contributed by atoms with Crippen LogP contribution in [0.4, 0.5) is 0 Å². The SMILES string of the molecule is CS(=O)CCCC(C)(C)CN. The summed E-state index contributed by atoms with van der Waals surface area (Å²) in [5, 5.41) is 0. The lowest BCUT2D eigenvalue weighted by molar-refractivity contribution is 0.344. The van der Waals surface area contributed by atoms with Gasteiger partial charge in [0, 0.05) is 22.8 Å². The zero-order chi connectivity index (χ0) is 8.91. The lowest BCUT2D eigenvalue weighted by Crippen LogP contribution is -2.23. The molecule has 0 radical (unpaired) electrons. The van der Waals surface area contributed by atoms with E-state index in [1.807, 2.05) is 0 Å². The second-order valence-corrected chi connectivity index (χ2v) is 5.30. The van der Waals surface area contributed by atoms with Crippen LogP contribution in [0.1, 0.15) is 26.7 Å².